The molecule has 0 heterocycles. The van der Waals surface area contributed by atoms with Gasteiger partial charge in [-0.2, -0.15) is 0 Å². The van der Waals surface area contributed by atoms with Gasteiger partial charge in [0.05, 0.1) is 0 Å². The molecule has 2 nitrogen and oxygen atoms in total. The first-order valence-corrected chi connectivity index (χ1v) is 8.39. The van der Waals surface area contributed by atoms with Crippen molar-refractivity contribution in [2.45, 2.75) is 64.9 Å². The smallest absolute Gasteiger partial charge is 0.333 e. The fraction of sp³-hybridized carbons (Fsp3) is 0.833. The second-order valence-electron chi connectivity index (χ2n) is 7.49. The zero-order chi connectivity index (χ0) is 14.5. The molecule has 4 saturated carbocycles. The standard InChI is InChI=1S/C18H28O2/c1-5-14-13-7-12-8-15(14)16(6-2)18(9-12,10-13)20-17(19)11(3)4/h12-16H,3,5-10H2,1-2,4H3. The van der Waals surface area contributed by atoms with Crippen molar-refractivity contribution in [3.8, 4) is 0 Å². The molecule has 0 amide bonds. The largest absolute Gasteiger partial charge is 0.455 e. The minimum Gasteiger partial charge on any atom is -0.455 e. The number of rotatable bonds is 4. The van der Waals surface area contributed by atoms with Crippen LogP contribution in [0.4, 0.5) is 0 Å². The van der Waals surface area contributed by atoms with Crippen molar-refractivity contribution < 1.29 is 9.53 Å². The first-order chi connectivity index (χ1) is 9.50. The Morgan fingerprint density at radius 1 is 1.25 bits per heavy atom. The summed E-state index contributed by atoms with van der Waals surface area (Å²) in [6.07, 6.45) is 7.40. The first-order valence-electron chi connectivity index (χ1n) is 8.39. The highest BCUT2D eigenvalue weighted by Crippen LogP contribution is 2.63. The van der Waals surface area contributed by atoms with Crippen LogP contribution in [0, 0.1) is 29.6 Å². The second-order valence-corrected chi connectivity index (χ2v) is 7.49. The zero-order valence-corrected chi connectivity index (χ0v) is 13.2. The molecule has 4 rings (SSSR count). The lowest BCUT2D eigenvalue weighted by molar-refractivity contribution is -0.220. The molecule has 2 heteroatoms. The number of esters is 1. The number of hydrogen-bond acceptors (Lipinski definition) is 2. The van der Waals surface area contributed by atoms with Gasteiger partial charge in [-0.25, -0.2) is 4.79 Å². The van der Waals surface area contributed by atoms with Gasteiger partial charge < -0.3 is 4.74 Å². The number of carbonyl (C=O) groups excluding carboxylic acids is 1. The second kappa shape index (κ2) is 4.89. The Hall–Kier alpha value is -0.790. The van der Waals surface area contributed by atoms with Crippen molar-refractivity contribution in [2.24, 2.45) is 29.6 Å². The first kappa shape index (κ1) is 14.2. The molecular weight excluding hydrogens is 248 g/mol. The van der Waals surface area contributed by atoms with E-state index in [1.54, 1.807) is 6.92 Å². The summed E-state index contributed by atoms with van der Waals surface area (Å²) in [6.45, 7) is 10.1. The van der Waals surface area contributed by atoms with Crippen LogP contribution >= 0.6 is 0 Å². The third-order valence-corrected chi connectivity index (χ3v) is 6.39. The summed E-state index contributed by atoms with van der Waals surface area (Å²) in [5.74, 6) is 3.64. The van der Waals surface area contributed by atoms with Crippen LogP contribution in [0.3, 0.4) is 0 Å². The summed E-state index contributed by atoms with van der Waals surface area (Å²) in [5.41, 5.74) is 0.384. The predicted molar refractivity (Wildman–Crippen MR) is 80.1 cm³/mol. The third-order valence-electron chi connectivity index (χ3n) is 6.39. The van der Waals surface area contributed by atoms with Crippen LogP contribution < -0.4 is 0 Å². The molecule has 6 atom stereocenters. The van der Waals surface area contributed by atoms with Crippen LogP contribution in [0.25, 0.3) is 0 Å². The lowest BCUT2D eigenvalue weighted by Crippen LogP contribution is -2.62. The van der Waals surface area contributed by atoms with Gasteiger partial charge in [-0.15, -0.1) is 0 Å². The van der Waals surface area contributed by atoms with E-state index in [4.69, 9.17) is 4.74 Å². The van der Waals surface area contributed by atoms with Gasteiger partial charge in [0.15, 0.2) is 0 Å². The fourth-order valence-electron chi connectivity index (χ4n) is 5.92. The maximum Gasteiger partial charge on any atom is 0.333 e. The summed E-state index contributed by atoms with van der Waals surface area (Å²) < 4.78 is 6.07. The van der Waals surface area contributed by atoms with Crippen molar-refractivity contribution in [1.82, 2.24) is 0 Å². The highest BCUT2D eigenvalue weighted by molar-refractivity contribution is 5.87. The highest BCUT2D eigenvalue weighted by atomic mass is 16.6. The SMILES string of the molecule is C=C(C)C(=O)OC12CC3CC(C1)C(CC)C(C3)C2CC. The molecule has 4 aliphatic carbocycles. The fourth-order valence-corrected chi connectivity index (χ4v) is 5.92. The summed E-state index contributed by atoms with van der Waals surface area (Å²) >= 11 is 0. The maximum atomic E-state index is 12.1. The molecule has 0 aromatic heterocycles. The lowest BCUT2D eigenvalue weighted by Gasteiger charge is -2.63. The summed E-state index contributed by atoms with van der Waals surface area (Å²) in [4.78, 5) is 12.1. The molecule has 0 saturated heterocycles. The van der Waals surface area contributed by atoms with Gasteiger partial charge in [-0.3, -0.25) is 0 Å². The van der Waals surface area contributed by atoms with Crippen molar-refractivity contribution in [3.05, 3.63) is 12.2 Å². The predicted octanol–water partition coefficient (Wildman–Crippen LogP) is 4.35. The minimum absolute atomic E-state index is 0.160. The Balaban J connectivity index is 1.90. The van der Waals surface area contributed by atoms with Crippen LogP contribution in [0.1, 0.15) is 59.3 Å². The van der Waals surface area contributed by atoms with Crippen LogP contribution in [0.5, 0.6) is 0 Å². The zero-order valence-electron chi connectivity index (χ0n) is 13.2. The van der Waals surface area contributed by atoms with E-state index in [9.17, 15) is 4.79 Å². The van der Waals surface area contributed by atoms with E-state index in [1.165, 1.54) is 19.3 Å². The van der Waals surface area contributed by atoms with E-state index in [2.05, 4.69) is 20.4 Å². The Morgan fingerprint density at radius 2 is 2.00 bits per heavy atom. The molecule has 0 aromatic carbocycles. The van der Waals surface area contributed by atoms with Crippen LogP contribution in [0.2, 0.25) is 0 Å². The van der Waals surface area contributed by atoms with Crippen LogP contribution in [0.15, 0.2) is 12.2 Å². The van der Waals surface area contributed by atoms with Crippen molar-refractivity contribution in [3.63, 3.8) is 0 Å². The van der Waals surface area contributed by atoms with Crippen molar-refractivity contribution in [2.75, 3.05) is 0 Å². The van der Waals surface area contributed by atoms with Crippen LogP contribution in [-0.2, 0) is 9.53 Å². The summed E-state index contributed by atoms with van der Waals surface area (Å²) in [7, 11) is 0. The van der Waals surface area contributed by atoms with Gasteiger partial charge in [0, 0.05) is 11.5 Å². The maximum absolute atomic E-state index is 12.1. The van der Waals surface area contributed by atoms with E-state index < -0.39 is 0 Å². The average molecular weight is 276 g/mol. The number of carbonyl (C=O) groups is 1. The van der Waals surface area contributed by atoms with Gasteiger partial charge in [-0.1, -0.05) is 26.8 Å². The molecule has 0 N–H and O–H groups in total. The van der Waals surface area contributed by atoms with E-state index in [0.717, 1.165) is 42.9 Å². The van der Waals surface area contributed by atoms with Gasteiger partial charge in [0.25, 0.3) is 0 Å². The van der Waals surface area contributed by atoms with E-state index >= 15 is 0 Å². The molecule has 0 aromatic rings. The molecule has 0 spiro atoms. The average Bonchev–Trinajstić information content (AvgIpc) is 2.38. The molecule has 20 heavy (non-hydrogen) atoms. The van der Waals surface area contributed by atoms with Crippen molar-refractivity contribution >= 4 is 5.97 Å². The van der Waals surface area contributed by atoms with E-state index in [-0.39, 0.29) is 11.6 Å². The monoisotopic (exact) mass is 276 g/mol. The molecule has 6 unspecified atom stereocenters. The third kappa shape index (κ3) is 1.95. The summed E-state index contributed by atoms with van der Waals surface area (Å²) in [5, 5.41) is 0. The number of hydrogen-bond donors (Lipinski definition) is 0. The molecule has 0 radical (unpaired) electrons. The van der Waals surface area contributed by atoms with E-state index in [1.807, 2.05) is 0 Å². The molecule has 112 valence electrons. The van der Waals surface area contributed by atoms with Gasteiger partial charge >= 0.3 is 5.97 Å². The topological polar surface area (TPSA) is 26.3 Å². The number of ether oxygens (including phenoxy) is 1. The van der Waals surface area contributed by atoms with E-state index in [0.29, 0.717) is 11.5 Å². The minimum atomic E-state index is -0.168. The molecule has 4 aliphatic rings. The lowest BCUT2D eigenvalue weighted by atomic mass is 9.45. The Morgan fingerprint density at radius 3 is 2.60 bits per heavy atom. The quantitative estimate of drug-likeness (QED) is 0.564. The normalized spacial score (nSPS) is 45.5. The van der Waals surface area contributed by atoms with Gasteiger partial charge in [-0.05, 0) is 62.7 Å². The van der Waals surface area contributed by atoms with Crippen LogP contribution in [-0.4, -0.2) is 11.6 Å². The molecule has 0 aliphatic heterocycles. The summed E-state index contributed by atoms with van der Waals surface area (Å²) in [6, 6.07) is 0. The Kier molecular flexibility index (Phi) is 3.46. The highest BCUT2D eigenvalue weighted by Gasteiger charge is 2.61. The van der Waals surface area contributed by atoms with Gasteiger partial charge in [0.1, 0.15) is 5.60 Å². The molecule has 4 fully saturated rings. The van der Waals surface area contributed by atoms with Crippen molar-refractivity contribution in [1.29, 1.82) is 0 Å². The Labute approximate surface area is 123 Å². The molecular formula is C18H28O2. The molecule has 4 bridgehead atoms. The van der Waals surface area contributed by atoms with Gasteiger partial charge in [0.2, 0.25) is 0 Å². The Bertz CT molecular complexity index is 427.